The smallest absolute Gasteiger partial charge is 0.264 e. The van der Waals surface area contributed by atoms with Gasteiger partial charge in [-0.2, -0.15) is 0 Å². The van der Waals surface area contributed by atoms with Crippen molar-refractivity contribution < 1.29 is 0 Å². The first-order valence-electron chi connectivity index (χ1n) is 12.4. The van der Waals surface area contributed by atoms with Gasteiger partial charge >= 0.3 is 0 Å². The molecule has 0 fully saturated rings. The average molecular weight is 478 g/mol. The van der Waals surface area contributed by atoms with Gasteiger partial charge in [0.05, 0.1) is 16.6 Å². The Morgan fingerprint density at radius 2 is 1.65 bits per heavy atom. The Hall–Kier alpha value is -4.83. The van der Waals surface area contributed by atoms with Crippen molar-refractivity contribution in [2.45, 2.75) is 12.8 Å². The van der Waals surface area contributed by atoms with Gasteiger partial charge in [0, 0.05) is 16.2 Å². The van der Waals surface area contributed by atoms with Crippen LogP contribution >= 0.6 is 0 Å². The van der Waals surface area contributed by atoms with Crippen molar-refractivity contribution in [2.24, 2.45) is 0 Å². The molecule has 0 bridgehead atoms. The van der Waals surface area contributed by atoms with Crippen LogP contribution in [0.15, 0.2) is 120 Å². The number of hydrogen-bond donors (Lipinski definition) is 0. The van der Waals surface area contributed by atoms with Crippen LogP contribution in [0.1, 0.15) is 18.4 Å². The van der Waals surface area contributed by atoms with E-state index in [1.165, 1.54) is 5.57 Å². The molecule has 0 radical (unpaired) electrons. The highest BCUT2D eigenvalue weighted by Crippen LogP contribution is 2.37. The Morgan fingerprint density at radius 3 is 2.41 bits per heavy atom. The van der Waals surface area contributed by atoms with Crippen LogP contribution in [0.5, 0.6) is 0 Å². The molecule has 0 unspecified atom stereocenters. The Labute approximate surface area is 213 Å². The summed E-state index contributed by atoms with van der Waals surface area (Å²) in [7, 11) is 0. The van der Waals surface area contributed by atoms with E-state index in [1.807, 2.05) is 54.6 Å². The fourth-order valence-electron chi connectivity index (χ4n) is 5.49. The van der Waals surface area contributed by atoms with Crippen molar-refractivity contribution in [1.29, 1.82) is 0 Å². The van der Waals surface area contributed by atoms with Gasteiger partial charge in [0.15, 0.2) is 5.65 Å². The summed E-state index contributed by atoms with van der Waals surface area (Å²) >= 11 is 0. The first-order valence-corrected chi connectivity index (χ1v) is 12.4. The first kappa shape index (κ1) is 21.5. The van der Waals surface area contributed by atoms with E-state index in [9.17, 15) is 4.79 Å². The average Bonchev–Trinajstić information content (AvgIpc) is 3.27. The van der Waals surface area contributed by atoms with Gasteiger partial charge in [-0.25, -0.2) is 9.97 Å². The van der Waals surface area contributed by atoms with Gasteiger partial charge in [-0.3, -0.25) is 9.20 Å². The van der Waals surface area contributed by atoms with E-state index in [4.69, 9.17) is 9.97 Å². The lowest BCUT2D eigenvalue weighted by Crippen LogP contribution is -2.13. The maximum Gasteiger partial charge on any atom is 0.264 e. The van der Waals surface area contributed by atoms with Crippen molar-refractivity contribution in [3.8, 4) is 0 Å². The van der Waals surface area contributed by atoms with Gasteiger partial charge in [0.1, 0.15) is 5.52 Å². The summed E-state index contributed by atoms with van der Waals surface area (Å²) < 4.78 is 1.74. The third-order valence-corrected chi connectivity index (χ3v) is 7.31. The SMILES string of the molecule is C=C/C(=C\C(=C)C1=CC=CCC1)c1cc2c3ccccc3c(=O)n3c4nc5ccccc5nc4c(c1)c23. The van der Waals surface area contributed by atoms with Crippen LogP contribution < -0.4 is 5.56 Å². The summed E-state index contributed by atoms with van der Waals surface area (Å²) in [5.74, 6) is 0. The van der Waals surface area contributed by atoms with E-state index in [-0.39, 0.29) is 5.56 Å². The molecule has 3 aromatic carbocycles. The van der Waals surface area contributed by atoms with Gasteiger partial charge in [0.25, 0.3) is 5.56 Å². The highest BCUT2D eigenvalue weighted by Gasteiger charge is 2.21. The summed E-state index contributed by atoms with van der Waals surface area (Å²) in [6.07, 6.45) is 12.4. The zero-order chi connectivity index (χ0) is 25.1. The number of pyridine rings is 1. The minimum Gasteiger partial charge on any atom is -0.268 e. The second kappa shape index (κ2) is 8.10. The quantitative estimate of drug-likeness (QED) is 0.195. The topological polar surface area (TPSA) is 47.3 Å². The number of allylic oxidation sites excluding steroid dienone is 8. The molecular formula is C33H23N3O. The lowest BCUT2D eigenvalue weighted by Gasteiger charge is -2.12. The molecule has 37 heavy (non-hydrogen) atoms. The minimum atomic E-state index is -0.0782. The summed E-state index contributed by atoms with van der Waals surface area (Å²) in [5.41, 5.74) is 7.83. The van der Waals surface area contributed by atoms with E-state index < -0.39 is 0 Å². The molecule has 6 aromatic rings. The zero-order valence-corrected chi connectivity index (χ0v) is 20.2. The molecule has 3 heterocycles. The van der Waals surface area contributed by atoms with Crippen molar-refractivity contribution in [3.63, 3.8) is 0 Å². The number of fused-ring (bicyclic) bond motifs is 6. The van der Waals surface area contributed by atoms with Gasteiger partial charge in [0.2, 0.25) is 0 Å². The maximum atomic E-state index is 13.7. The van der Waals surface area contributed by atoms with Crippen molar-refractivity contribution in [3.05, 3.63) is 131 Å². The summed E-state index contributed by atoms with van der Waals surface area (Å²) in [4.78, 5) is 23.6. The third-order valence-electron chi connectivity index (χ3n) is 7.31. The zero-order valence-electron chi connectivity index (χ0n) is 20.2. The predicted octanol–water partition coefficient (Wildman–Crippen LogP) is 7.54. The predicted molar refractivity (Wildman–Crippen MR) is 154 cm³/mol. The van der Waals surface area contributed by atoms with E-state index in [1.54, 1.807) is 4.40 Å². The molecule has 4 heteroatoms. The Balaban J connectivity index is 1.61. The van der Waals surface area contributed by atoms with Crippen molar-refractivity contribution in [2.75, 3.05) is 0 Å². The summed E-state index contributed by atoms with van der Waals surface area (Å²) in [6.45, 7) is 8.46. The highest BCUT2D eigenvalue weighted by atomic mass is 16.1. The molecule has 4 nitrogen and oxygen atoms in total. The lowest BCUT2D eigenvalue weighted by atomic mass is 9.93. The molecular weight excluding hydrogens is 454 g/mol. The largest absolute Gasteiger partial charge is 0.268 e. The molecule has 0 atom stereocenters. The molecule has 0 saturated carbocycles. The van der Waals surface area contributed by atoms with E-state index in [2.05, 4.69) is 49.6 Å². The van der Waals surface area contributed by atoms with Crippen LogP contribution in [0.4, 0.5) is 0 Å². The molecule has 1 aliphatic carbocycles. The van der Waals surface area contributed by atoms with Crippen LogP contribution in [0.3, 0.4) is 0 Å². The van der Waals surface area contributed by atoms with E-state index in [0.717, 1.165) is 67.8 Å². The number of para-hydroxylation sites is 2. The fourth-order valence-corrected chi connectivity index (χ4v) is 5.49. The van der Waals surface area contributed by atoms with Crippen LogP contribution in [0.2, 0.25) is 0 Å². The van der Waals surface area contributed by atoms with Gasteiger partial charge in [-0.1, -0.05) is 67.8 Å². The second-order valence-electron chi connectivity index (χ2n) is 9.48. The van der Waals surface area contributed by atoms with Crippen molar-refractivity contribution >= 4 is 54.8 Å². The van der Waals surface area contributed by atoms with Gasteiger partial charge in [-0.05, 0) is 76.9 Å². The van der Waals surface area contributed by atoms with Gasteiger partial charge < -0.3 is 0 Å². The molecule has 3 aromatic heterocycles. The molecule has 0 N–H and O–H groups in total. The minimum absolute atomic E-state index is 0.0782. The van der Waals surface area contributed by atoms with E-state index in [0.29, 0.717) is 11.0 Å². The molecule has 0 spiro atoms. The third kappa shape index (κ3) is 3.19. The molecule has 0 saturated heterocycles. The first-order chi connectivity index (χ1) is 18.1. The Morgan fingerprint density at radius 1 is 0.919 bits per heavy atom. The fraction of sp³-hybridized carbons (Fsp3) is 0.0606. The van der Waals surface area contributed by atoms with Crippen LogP contribution in [-0.4, -0.2) is 14.4 Å². The molecule has 7 rings (SSSR count). The molecule has 0 aliphatic heterocycles. The van der Waals surface area contributed by atoms with Crippen molar-refractivity contribution in [1.82, 2.24) is 14.4 Å². The Bertz CT molecular complexity index is 2090. The normalized spacial score (nSPS) is 14.3. The number of benzene rings is 3. The van der Waals surface area contributed by atoms with Gasteiger partial charge in [-0.15, -0.1) is 0 Å². The molecule has 0 amide bonds. The highest BCUT2D eigenvalue weighted by molar-refractivity contribution is 6.20. The molecule has 176 valence electrons. The van der Waals surface area contributed by atoms with Crippen LogP contribution in [0, 0.1) is 0 Å². The number of aromatic nitrogens is 3. The number of hydrogen-bond acceptors (Lipinski definition) is 3. The summed E-state index contributed by atoms with van der Waals surface area (Å²) in [5, 5.41) is 3.47. The number of nitrogens with zero attached hydrogens (tertiary/aromatic N) is 3. The van der Waals surface area contributed by atoms with Crippen LogP contribution in [0.25, 0.3) is 54.8 Å². The van der Waals surface area contributed by atoms with Crippen LogP contribution in [-0.2, 0) is 0 Å². The standard InChI is InChI=1S/C33H23N3O/c1-3-21(17-20(2)22-11-5-4-6-12-22)23-18-26-24-13-7-8-14-25(24)33(37)36-31(26)27(19-23)30-32(36)35-29-16-10-9-15-28(29)34-30/h3-5,7-11,13-19H,1-2,6,12H2/b21-17+. The monoisotopic (exact) mass is 477 g/mol. The lowest BCUT2D eigenvalue weighted by molar-refractivity contribution is 0.979. The number of rotatable bonds is 4. The summed E-state index contributed by atoms with van der Waals surface area (Å²) in [6, 6.07) is 19.8. The Kier molecular flexibility index (Phi) is 4.70. The second-order valence-corrected chi connectivity index (χ2v) is 9.48. The maximum absolute atomic E-state index is 13.7. The molecule has 1 aliphatic rings. The van der Waals surface area contributed by atoms with E-state index >= 15 is 0 Å².